The second-order valence-corrected chi connectivity index (χ2v) is 6.70. The molecule has 118 valence electrons. The number of imidazole rings is 1. The number of carbonyl (C=O) groups excluding carboxylic acids is 1. The fourth-order valence-electron chi connectivity index (χ4n) is 2.91. The number of thiazole rings is 1. The number of anilines is 1. The van der Waals surface area contributed by atoms with Gasteiger partial charge in [-0.2, -0.15) is 0 Å². The van der Waals surface area contributed by atoms with Gasteiger partial charge in [-0.1, -0.05) is 12.1 Å². The molecule has 0 spiro atoms. The van der Waals surface area contributed by atoms with Crippen molar-refractivity contribution in [1.82, 2.24) is 14.7 Å². The summed E-state index contributed by atoms with van der Waals surface area (Å²) in [4.78, 5) is 17.8. The Morgan fingerprint density at radius 3 is 2.96 bits per heavy atom. The predicted octanol–water partition coefficient (Wildman–Crippen LogP) is 3.00. The Hall–Kier alpha value is -2.18. The van der Waals surface area contributed by atoms with Gasteiger partial charge in [-0.05, 0) is 31.5 Å². The van der Waals surface area contributed by atoms with Gasteiger partial charge in [0.1, 0.15) is 0 Å². The number of hydrogen-bond acceptors (Lipinski definition) is 4. The van der Waals surface area contributed by atoms with Crippen LogP contribution in [0.25, 0.3) is 16.2 Å². The van der Waals surface area contributed by atoms with E-state index < -0.39 is 0 Å². The minimum absolute atomic E-state index is 0.0725. The summed E-state index contributed by atoms with van der Waals surface area (Å²) in [6.45, 7) is 1.79. The van der Waals surface area contributed by atoms with Crippen LogP contribution in [0.2, 0.25) is 0 Å². The van der Waals surface area contributed by atoms with Gasteiger partial charge in [-0.15, -0.1) is 11.3 Å². The number of benzene rings is 1. The molecule has 1 saturated heterocycles. The first-order valence-electron chi connectivity index (χ1n) is 7.84. The average Bonchev–Trinajstić information content (AvgIpc) is 3.18. The zero-order valence-electron chi connectivity index (χ0n) is 12.7. The second kappa shape index (κ2) is 6.14. The largest absolute Gasteiger partial charge is 0.326 e. The Morgan fingerprint density at radius 2 is 2.22 bits per heavy atom. The van der Waals surface area contributed by atoms with E-state index in [1.807, 2.05) is 46.4 Å². The van der Waals surface area contributed by atoms with Gasteiger partial charge in [0.2, 0.25) is 5.91 Å². The lowest BCUT2D eigenvalue weighted by atomic mass is 9.99. The predicted molar refractivity (Wildman–Crippen MR) is 92.7 cm³/mol. The van der Waals surface area contributed by atoms with Crippen molar-refractivity contribution in [3.05, 3.63) is 42.0 Å². The van der Waals surface area contributed by atoms with Crippen molar-refractivity contribution in [2.75, 3.05) is 18.4 Å². The highest BCUT2D eigenvalue weighted by Crippen LogP contribution is 2.23. The molecule has 6 heteroatoms. The number of piperidine rings is 1. The van der Waals surface area contributed by atoms with Gasteiger partial charge in [-0.25, -0.2) is 4.98 Å². The summed E-state index contributed by atoms with van der Waals surface area (Å²) >= 11 is 1.62. The van der Waals surface area contributed by atoms with Crippen molar-refractivity contribution in [3.8, 4) is 11.3 Å². The molecule has 3 aromatic rings. The lowest BCUT2D eigenvalue weighted by molar-refractivity contribution is -0.120. The summed E-state index contributed by atoms with van der Waals surface area (Å²) in [7, 11) is 0. The van der Waals surface area contributed by atoms with Gasteiger partial charge >= 0.3 is 0 Å². The van der Waals surface area contributed by atoms with Crippen LogP contribution in [-0.2, 0) is 4.79 Å². The maximum Gasteiger partial charge on any atom is 0.228 e. The van der Waals surface area contributed by atoms with Gasteiger partial charge in [0.15, 0.2) is 4.96 Å². The number of fused-ring (bicyclic) bond motifs is 1. The van der Waals surface area contributed by atoms with E-state index in [4.69, 9.17) is 0 Å². The van der Waals surface area contributed by atoms with E-state index in [0.717, 1.165) is 47.8 Å². The monoisotopic (exact) mass is 326 g/mol. The molecular weight excluding hydrogens is 308 g/mol. The first-order chi connectivity index (χ1) is 11.3. The molecule has 0 aliphatic carbocycles. The van der Waals surface area contributed by atoms with Crippen molar-refractivity contribution < 1.29 is 4.79 Å². The summed E-state index contributed by atoms with van der Waals surface area (Å²) in [5.74, 6) is 0.177. The van der Waals surface area contributed by atoms with Crippen molar-refractivity contribution in [1.29, 1.82) is 0 Å². The molecular formula is C17H18N4OS. The van der Waals surface area contributed by atoms with E-state index >= 15 is 0 Å². The SMILES string of the molecule is O=C(Nc1ccc(-c2cn3ccsc3n2)cc1)C1CCCNC1. The van der Waals surface area contributed by atoms with E-state index in [0.29, 0.717) is 0 Å². The van der Waals surface area contributed by atoms with E-state index in [-0.39, 0.29) is 11.8 Å². The maximum atomic E-state index is 12.2. The Morgan fingerprint density at radius 1 is 1.35 bits per heavy atom. The normalized spacial score (nSPS) is 18.2. The van der Waals surface area contributed by atoms with Crippen LogP contribution in [0.5, 0.6) is 0 Å². The van der Waals surface area contributed by atoms with Crippen molar-refractivity contribution in [2.24, 2.45) is 5.92 Å². The van der Waals surface area contributed by atoms with Crippen molar-refractivity contribution in [3.63, 3.8) is 0 Å². The van der Waals surface area contributed by atoms with Crippen LogP contribution in [0.1, 0.15) is 12.8 Å². The topological polar surface area (TPSA) is 58.4 Å². The van der Waals surface area contributed by atoms with E-state index in [1.165, 1.54) is 0 Å². The van der Waals surface area contributed by atoms with Gasteiger partial charge in [0.25, 0.3) is 0 Å². The van der Waals surface area contributed by atoms with Crippen LogP contribution in [0.3, 0.4) is 0 Å². The quantitative estimate of drug-likeness (QED) is 0.778. The lowest BCUT2D eigenvalue weighted by Gasteiger charge is -2.21. The van der Waals surface area contributed by atoms with Crippen LogP contribution in [0, 0.1) is 5.92 Å². The summed E-state index contributed by atoms with van der Waals surface area (Å²) < 4.78 is 2.02. The molecule has 0 saturated carbocycles. The Bertz CT molecular complexity index is 786. The number of nitrogens with one attached hydrogen (secondary N) is 2. The molecule has 3 heterocycles. The first-order valence-corrected chi connectivity index (χ1v) is 8.72. The molecule has 23 heavy (non-hydrogen) atoms. The van der Waals surface area contributed by atoms with Crippen molar-refractivity contribution in [2.45, 2.75) is 12.8 Å². The highest BCUT2D eigenvalue weighted by atomic mass is 32.1. The molecule has 1 fully saturated rings. The molecule has 0 radical (unpaired) electrons. The average molecular weight is 326 g/mol. The molecule has 1 aliphatic heterocycles. The van der Waals surface area contributed by atoms with Crippen LogP contribution >= 0.6 is 11.3 Å². The number of carbonyl (C=O) groups is 1. The second-order valence-electron chi connectivity index (χ2n) is 5.83. The van der Waals surface area contributed by atoms with Gasteiger partial charge in [0.05, 0.1) is 11.6 Å². The molecule has 1 atom stereocenters. The van der Waals surface area contributed by atoms with Crippen LogP contribution in [-0.4, -0.2) is 28.4 Å². The molecule has 5 nitrogen and oxygen atoms in total. The fraction of sp³-hybridized carbons (Fsp3) is 0.294. The van der Waals surface area contributed by atoms with Crippen molar-refractivity contribution >= 4 is 27.9 Å². The molecule has 1 aromatic carbocycles. The van der Waals surface area contributed by atoms with E-state index in [1.54, 1.807) is 11.3 Å². The van der Waals surface area contributed by atoms with Gasteiger partial charge in [0, 0.05) is 35.6 Å². The number of amides is 1. The summed E-state index contributed by atoms with van der Waals surface area (Å²) in [5.41, 5.74) is 2.84. The third-order valence-corrected chi connectivity index (χ3v) is 4.98. The Kier molecular flexibility index (Phi) is 3.85. The van der Waals surface area contributed by atoms with Crippen LogP contribution < -0.4 is 10.6 Å². The van der Waals surface area contributed by atoms with E-state index in [9.17, 15) is 4.79 Å². The summed E-state index contributed by atoms with van der Waals surface area (Å²) in [6.07, 6.45) is 6.05. The molecule has 1 aliphatic rings. The maximum absolute atomic E-state index is 12.2. The minimum Gasteiger partial charge on any atom is -0.326 e. The number of aromatic nitrogens is 2. The van der Waals surface area contributed by atoms with Gasteiger partial charge < -0.3 is 10.6 Å². The summed E-state index contributed by atoms with van der Waals surface area (Å²) in [5, 5.41) is 8.30. The standard InChI is InChI=1S/C17H18N4OS/c22-16(13-2-1-7-18-10-13)19-14-5-3-12(4-6-14)15-11-21-8-9-23-17(21)20-15/h3-6,8-9,11,13,18H,1-2,7,10H2,(H,19,22). The summed E-state index contributed by atoms with van der Waals surface area (Å²) in [6, 6.07) is 7.89. The number of hydrogen-bond donors (Lipinski definition) is 2. The minimum atomic E-state index is 0.0725. The third-order valence-electron chi connectivity index (χ3n) is 4.21. The van der Waals surface area contributed by atoms with Crippen LogP contribution in [0.15, 0.2) is 42.0 Å². The zero-order chi connectivity index (χ0) is 15.6. The number of nitrogens with zero attached hydrogens (tertiary/aromatic N) is 2. The lowest BCUT2D eigenvalue weighted by Crippen LogP contribution is -2.37. The Labute approximate surface area is 138 Å². The molecule has 4 rings (SSSR count). The fourth-order valence-corrected chi connectivity index (χ4v) is 3.61. The third kappa shape index (κ3) is 3.00. The smallest absolute Gasteiger partial charge is 0.228 e. The Balaban J connectivity index is 1.47. The molecule has 1 amide bonds. The van der Waals surface area contributed by atoms with Crippen LogP contribution in [0.4, 0.5) is 5.69 Å². The number of rotatable bonds is 3. The van der Waals surface area contributed by atoms with E-state index in [2.05, 4.69) is 15.6 Å². The highest BCUT2D eigenvalue weighted by molar-refractivity contribution is 7.15. The first kappa shape index (κ1) is 14.4. The highest BCUT2D eigenvalue weighted by Gasteiger charge is 2.20. The molecule has 2 aromatic heterocycles. The molecule has 2 N–H and O–H groups in total. The molecule has 1 unspecified atom stereocenters. The zero-order valence-corrected chi connectivity index (χ0v) is 13.5. The molecule has 0 bridgehead atoms. The van der Waals surface area contributed by atoms with Gasteiger partial charge in [-0.3, -0.25) is 9.20 Å².